The molecule has 0 saturated heterocycles. The molecule has 0 amide bonds. The first-order valence-electron chi connectivity index (χ1n) is 4.49. The SMILES string of the molecule is CCCNCc1cc(F)c(Br)cc1F. The predicted octanol–water partition coefficient (Wildman–Crippen LogP) is 3.23. The summed E-state index contributed by atoms with van der Waals surface area (Å²) in [6.45, 7) is 3.19. The maximum atomic E-state index is 13.2. The Morgan fingerprint density at radius 2 is 2.00 bits per heavy atom. The Balaban J connectivity index is 2.72. The highest BCUT2D eigenvalue weighted by Gasteiger charge is 2.07. The van der Waals surface area contributed by atoms with Crippen LogP contribution in [0.5, 0.6) is 0 Å². The number of benzene rings is 1. The zero-order valence-electron chi connectivity index (χ0n) is 7.91. The summed E-state index contributed by atoms with van der Waals surface area (Å²) in [5, 5.41) is 3.02. The average molecular weight is 264 g/mol. The molecule has 0 unspecified atom stereocenters. The van der Waals surface area contributed by atoms with Crippen molar-refractivity contribution in [2.75, 3.05) is 6.54 Å². The van der Waals surface area contributed by atoms with E-state index in [9.17, 15) is 8.78 Å². The largest absolute Gasteiger partial charge is 0.313 e. The van der Waals surface area contributed by atoms with Gasteiger partial charge in [0.15, 0.2) is 0 Å². The fourth-order valence-corrected chi connectivity index (χ4v) is 1.41. The summed E-state index contributed by atoms with van der Waals surface area (Å²) >= 11 is 2.93. The lowest BCUT2D eigenvalue weighted by Crippen LogP contribution is -2.15. The topological polar surface area (TPSA) is 12.0 Å². The second kappa shape index (κ2) is 5.41. The normalized spacial score (nSPS) is 10.6. The summed E-state index contributed by atoms with van der Waals surface area (Å²) in [6.07, 6.45) is 0.973. The third-order valence-electron chi connectivity index (χ3n) is 1.83. The molecule has 0 aromatic heterocycles. The second-order valence-electron chi connectivity index (χ2n) is 3.03. The highest BCUT2D eigenvalue weighted by atomic mass is 79.9. The Morgan fingerprint density at radius 3 is 2.64 bits per heavy atom. The van der Waals surface area contributed by atoms with Crippen LogP contribution in [-0.4, -0.2) is 6.54 Å². The number of rotatable bonds is 4. The van der Waals surface area contributed by atoms with Crippen molar-refractivity contribution in [2.24, 2.45) is 0 Å². The smallest absolute Gasteiger partial charge is 0.137 e. The molecule has 0 aliphatic rings. The van der Waals surface area contributed by atoms with Crippen molar-refractivity contribution in [1.29, 1.82) is 0 Å². The lowest BCUT2D eigenvalue weighted by molar-refractivity contribution is 0.564. The van der Waals surface area contributed by atoms with Crippen LogP contribution in [0.3, 0.4) is 0 Å². The average Bonchev–Trinajstić information content (AvgIpc) is 2.14. The zero-order valence-corrected chi connectivity index (χ0v) is 9.50. The minimum Gasteiger partial charge on any atom is -0.313 e. The van der Waals surface area contributed by atoms with Gasteiger partial charge >= 0.3 is 0 Å². The number of hydrogen-bond acceptors (Lipinski definition) is 1. The van der Waals surface area contributed by atoms with E-state index in [0.717, 1.165) is 19.0 Å². The first kappa shape index (κ1) is 11.6. The van der Waals surface area contributed by atoms with Crippen LogP contribution in [0.15, 0.2) is 16.6 Å². The van der Waals surface area contributed by atoms with Crippen molar-refractivity contribution in [1.82, 2.24) is 5.32 Å². The monoisotopic (exact) mass is 263 g/mol. The Hall–Kier alpha value is -0.480. The van der Waals surface area contributed by atoms with Crippen molar-refractivity contribution in [3.8, 4) is 0 Å². The molecule has 0 heterocycles. The third-order valence-corrected chi connectivity index (χ3v) is 2.44. The van der Waals surface area contributed by atoms with Crippen LogP contribution in [0, 0.1) is 11.6 Å². The molecule has 1 rings (SSSR count). The van der Waals surface area contributed by atoms with Gasteiger partial charge in [0, 0.05) is 12.1 Å². The van der Waals surface area contributed by atoms with Gasteiger partial charge in [0.2, 0.25) is 0 Å². The summed E-state index contributed by atoms with van der Waals surface area (Å²) in [4.78, 5) is 0. The Labute approximate surface area is 90.6 Å². The van der Waals surface area contributed by atoms with Crippen LogP contribution in [0.4, 0.5) is 8.78 Å². The van der Waals surface area contributed by atoms with Gasteiger partial charge < -0.3 is 5.32 Å². The van der Waals surface area contributed by atoms with E-state index >= 15 is 0 Å². The molecular formula is C10H12BrF2N. The first-order chi connectivity index (χ1) is 6.65. The van der Waals surface area contributed by atoms with Crippen molar-refractivity contribution >= 4 is 15.9 Å². The van der Waals surface area contributed by atoms with Crippen molar-refractivity contribution < 1.29 is 8.78 Å². The summed E-state index contributed by atoms with van der Waals surface area (Å²) in [5.41, 5.74) is 0.360. The standard InChI is InChI=1S/C10H12BrF2N/c1-2-3-14-6-7-4-10(13)8(11)5-9(7)12/h4-5,14H,2-3,6H2,1H3. The van der Waals surface area contributed by atoms with Gasteiger partial charge in [-0.15, -0.1) is 0 Å². The van der Waals surface area contributed by atoms with Gasteiger partial charge in [-0.2, -0.15) is 0 Å². The second-order valence-corrected chi connectivity index (χ2v) is 3.89. The lowest BCUT2D eigenvalue weighted by atomic mass is 10.2. The molecule has 1 aromatic rings. The van der Waals surface area contributed by atoms with Crippen LogP contribution >= 0.6 is 15.9 Å². The number of nitrogens with one attached hydrogen (secondary N) is 1. The molecule has 0 bridgehead atoms. The molecule has 4 heteroatoms. The van der Waals surface area contributed by atoms with E-state index < -0.39 is 5.82 Å². The molecule has 0 aliphatic carbocycles. The molecule has 0 atom stereocenters. The van der Waals surface area contributed by atoms with Crippen molar-refractivity contribution in [3.63, 3.8) is 0 Å². The fraction of sp³-hybridized carbons (Fsp3) is 0.400. The van der Waals surface area contributed by atoms with E-state index in [2.05, 4.69) is 21.2 Å². The maximum absolute atomic E-state index is 13.2. The van der Waals surface area contributed by atoms with Crippen LogP contribution < -0.4 is 5.32 Å². The quantitative estimate of drug-likeness (QED) is 0.650. The fourth-order valence-electron chi connectivity index (χ4n) is 1.10. The molecular weight excluding hydrogens is 252 g/mol. The molecule has 0 saturated carbocycles. The molecule has 78 valence electrons. The molecule has 0 spiro atoms. The molecule has 0 radical (unpaired) electrons. The van der Waals surface area contributed by atoms with E-state index in [0.29, 0.717) is 12.1 Å². The van der Waals surface area contributed by atoms with Gasteiger partial charge in [0.05, 0.1) is 4.47 Å². The van der Waals surface area contributed by atoms with Gasteiger partial charge in [0.25, 0.3) is 0 Å². The van der Waals surface area contributed by atoms with E-state index in [1.54, 1.807) is 0 Å². The molecule has 1 aromatic carbocycles. The Kier molecular flexibility index (Phi) is 4.48. The van der Waals surface area contributed by atoms with E-state index in [-0.39, 0.29) is 10.3 Å². The third kappa shape index (κ3) is 3.03. The summed E-state index contributed by atoms with van der Waals surface area (Å²) in [6, 6.07) is 2.36. The van der Waals surface area contributed by atoms with Gasteiger partial charge in [-0.05, 0) is 41.0 Å². The van der Waals surface area contributed by atoms with Crippen LogP contribution in [0.2, 0.25) is 0 Å². The van der Waals surface area contributed by atoms with E-state index in [4.69, 9.17) is 0 Å². The number of halogens is 3. The minimum absolute atomic E-state index is 0.161. The molecule has 14 heavy (non-hydrogen) atoms. The minimum atomic E-state index is -0.431. The van der Waals surface area contributed by atoms with Gasteiger partial charge in [0.1, 0.15) is 11.6 Å². The summed E-state index contributed by atoms with van der Waals surface area (Å²) in [5.74, 6) is -0.818. The van der Waals surface area contributed by atoms with E-state index in [1.807, 2.05) is 6.92 Å². The van der Waals surface area contributed by atoms with Gasteiger partial charge in [-0.3, -0.25) is 0 Å². The van der Waals surface area contributed by atoms with Crippen LogP contribution in [0.25, 0.3) is 0 Å². The Bertz CT molecular complexity index is 315. The van der Waals surface area contributed by atoms with Crippen LogP contribution in [0.1, 0.15) is 18.9 Å². The van der Waals surface area contributed by atoms with E-state index in [1.165, 1.54) is 6.07 Å². The van der Waals surface area contributed by atoms with Crippen LogP contribution in [-0.2, 0) is 6.54 Å². The van der Waals surface area contributed by atoms with Crippen molar-refractivity contribution in [3.05, 3.63) is 33.8 Å². The lowest BCUT2D eigenvalue weighted by Gasteiger charge is -2.05. The predicted molar refractivity (Wildman–Crippen MR) is 56.1 cm³/mol. The first-order valence-corrected chi connectivity index (χ1v) is 5.28. The molecule has 0 fully saturated rings. The molecule has 0 aliphatic heterocycles. The molecule has 1 nitrogen and oxygen atoms in total. The van der Waals surface area contributed by atoms with Crippen molar-refractivity contribution in [2.45, 2.75) is 19.9 Å². The van der Waals surface area contributed by atoms with Gasteiger partial charge in [-0.25, -0.2) is 8.78 Å². The summed E-state index contributed by atoms with van der Waals surface area (Å²) in [7, 11) is 0. The molecule has 1 N–H and O–H groups in total. The zero-order chi connectivity index (χ0) is 10.6. The number of hydrogen-bond donors (Lipinski definition) is 1. The maximum Gasteiger partial charge on any atom is 0.137 e. The highest BCUT2D eigenvalue weighted by Crippen LogP contribution is 2.19. The Morgan fingerprint density at radius 1 is 1.29 bits per heavy atom. The highest BCUT2D eigenvalue weighted by molar-refractivity contribution is 9.10. The van der Waals surface area contributed by atoms with Gasteiger partial charge in [-0.1, -0.05) is 6.92 Å². The summed E-state index contributed by atoms with van der Waals surface area (Å²) < 4.78 is 26.4.